The van der Waals surface area contributed by atoms with Crippen molar-refractivity contribution in [3.63, 3.8) is 0 Å². The Kier molecular flexibility index (Phi) is 7.10. The van der Waals surface area contributed by atoms with Crippen LogP contribution < -0.4 is 16.0 Å². The summed E-state index contributed by atoms with van der Waals surface area (Å²) in [5.74, 6) is 0.819. The van der Waals surface area contributed by atoms with Crippen LogP contribution in [0.5, 0.6) is 0 Å². The zero-order valence-electron chi connectivity index (χ0n) is 16.6. The molecule has 27 heavy (non-hydrogen) atoms. The van der Waals surface area contributed by atoms with Crippen molar-refractivity contribution < 1.29 is 4.79 Å². The number of nitrogens with one attached hydrogen (secondary N) is 3. The highest BCUT2D eigenvalue weighted by atomic mass is 16.1. The number of rotatable bonds is 6. The molecule has 0 spiro atoms. The van der Waals surface area contributed by atoms with Crippen LogP contribution in [0, 0.1) is 0 Å². The Morgan fingerprint density at radius 1 is 1.26 bits per heavy atom. The zero-order chi connectivity index (χ0) is 19.1. The van der Waals surface area contributed by atoms with E-state index < -0.39 is 0 Å². The topological polar surface area (TPSA) is 68.8 Å². The Hall–Kier alpha value is -2.08. The van der Waals surface area contributed by atoms with Crippen LogP contribution in [-0.4, -0.2) is 48.5 Å². The molecule has 1 aliphatic carbocycles. The summed E-state index contributed by atoms with van der Waals surface area (Å²) in [5.41, 5.74) is 1.90. The maximum Gasteiger partial charge on any atom is 0.221 e. The van der Waals surface area contributed by atoms with Gasteiger partial charge in [0, 0.05) is 44.3 Å². The highest BCUT2D eigenvalue weighted by Crippen LogP contribution is 2.26. The molecule has 1 aromatic rings. The van der Waals surface area contributed by atoms with Crippen LogP contribution in [0.15, 0.2) is 29.3 Å². The van der Waals surface area contributed by atoms with Crippen molar-refractivity contribution in [2.45, 2.75) is 64.6 Å². The second kappa shape index (κ2) is 9.74. The molecule has 1 heterocycles. The minimum absolute atomic E-state index is 0.0568. The van der Waals surface area contributed by atoms with Crippen LogP contribution in [0.2, 0.25) is 0 Å². The lowest BCUT2D eigenvalue weighted by Gasteiger charge is -2.24. The van der Waals surface area contributed by atoms with Gasteiger partial charge in [0.15, 0.2) is 5.96 Å². The molecular weight excluding hydrogens is 338 g/mol. The maximum atomic E-state index is 11.2. The number of benzene rings is 1. The fourth-order valence-electron chi connectivity index (χ4n) is 4.14. The van der Waals surface area contributed by atoms with E-state index in [0.717, 1.165) is 36.3 Å². The van der Waals surface area contributed by atoms with E-state index in [0.29, 0.717) is 12.6 Å². The van der Waals surface area contributed by atoms with Crippen molar-refractivity contribution in [1.29, 1.82) is 0 Å². The molecule has 2 fully saturated rings. The summed E-state index contributed by atoms with van der Waals surface area (Å²) in [6, 6.07) is 9.13. The Labute approximate surface area is 162 Å². The Morgan fingerprint density at radius 3 is 2.81 bits per heavy atom. The molecule has 3 N–H and O–H groups in total. The molecule has 3 rings (SSSR count). The maximum absolute atomic E-state index is 11.2. The summed E-state index contributed by atoms with van der Waals surface area (Å²) >= 11 is 0. The lowest BCUT2D eigenvalue weighted by atomic mass is 10.2. The Morgan fingerprint density at radius 2 is 2.07 bits per heavy atom. The van der Waals surface area contributed by atoms with Crippen LogP contribution in [0.1, 0.15) is 51.5 Å². The standard InChI is InChI=1S/C21H33N5O/c1-3-22-21(23-14-17-7-6-8-18(13-17)24-16(2)27)25-19-11-12-26(15-19)20-9-4-5-10-20/h6-8,13,19-20H,3-5,9-12,14-15H2,1-2H3,(H,24,27)(H2,22,23,25). The molecular formula is C21H33N5O. The fourth-order valence-corrected chi connectivity index (χ4v) is 4.14. The van der Waals surface area contributed by atoms with Gasteiger partial charge < -0.3 is 16.0 Å². The quantitative estimate of drug-likeness (QED) is 0.531. The van der Waals surface area contributed by atoms with E-state index in [1.54, 1.807) is 0 Å². The normalized spacial score (nSPS) is 21.4. The molecule has 1 aromatic carbocycles. The van der Waals surface area contributed by atoms with Gasteiger partial charge in [-0.05, 0) is 43.9 Å². The number of aliphatic imine (C=N–C) groups is 1. The smallest absolute Gasteiger partial charge is 0.221 e. The third kappa shape index (κ3) is 5.96. The first-order chi connectivity index (χ1) is 13.1. The van der Waals surface area contributed by atoms with Gasteiger partial charge in [-0.25, -0.2) is 4.99 Å². The van der Waals surface area contributed by atoms with Crippen molar-refractivity contribution in [3.05, 3.63) is 29.8 Å². The summed E-state index contributed by atoms with van der Waals surface area (Å²) in [4.78, 5) is 18.6. The summed E-state index contributed by atoms with van der Waals surface area (Å²) in [5, 5.41) is 9.80. The number of carbonyl (C=O) groups excluding carboxylic acids is 1. The lowest BCUT2D eigenvalue weighted by molar-refractivity contribution is -0.114. The molecule has 6 nitrogen and oxygen atoms in total. The monoisotopic (exact) mass is 371 g/mol. The Balaban J connectivity index is 1.56. The number of hydrogen-bond acceptors (Lipinski definition) is 3. The van der Waals surface area contributed by atoms with Gasteiger partial charge >= 0.3 is 0 Å². The zero-order valence-corrected chi connectivity index (χ0v) is 16.6. The number of guanidine groups is 1. The largest absolute Gasteiger partial charge is 0.357 e. The second-order valence-electron chi connectivity index (χ2n) is 7.64. The predicted molar refractivity (Wildman–Crippen MR) is 111 cm³/mol. The van der Waals surface area contributed by atoms with Gasteiger partial charge in [0.1, 0.15) is 0 Å². The van der Waals surface area contributed by atoms with Gasteiger partial charge in [0.25, 0.3) is 0 Å². The van der Waals surface area contributed by atoms with Gasteiger partial charge in [-0.2, -0.15) is 0 Å². The molecule has 1 atom stereocenters. The van der Waals surface area contributed by atoms with Crippen LogP contribution >= 0.6 is 0 Å². The fraction of sp³-hybridized carbons (Fsp3) is 0.619. The number of hydrogen-bond donors (Lipinski definition) is 3. The molecule has 0 aromatic heterocycles. The van der Waals surface area contributed by atoms with Crippen molar-refractivity contribution in [2.24, 2.45) is 4.99 Å². The molecule has 2 aliphatic rings. The Bertz CT molecular complexity index is 654. The highest BCUT2D eigenvalue weighted by Gasteiger charge is 2.30. The van der Waals surface area contributed by atoms with E-state index in [4.69, 9.17) is 4.99 Å². The first-order valence-corrected chi connectivity index (χ1v) is 10.3. The molecule has 148 valence electrons. The second-order valence-corrected chi connectivity index (χ2v) is 7.64. The van der Waals surface area contributed by atoms with E-state index in [1.165, 1.54) is 45.6 Å². The predicted octanol–water partition coefficient (Wildman–Crippen LogP) is 2.72. The van der Waals surface area contributed by atoms with Gasteiger partial charge in [-0.3, -0.25) is 9.69 Å². The summed E-state index contributed by atoms with van der Waals surface area (Å²) in [7, 11) is 0. The molecule has 1 unspecified atom stereocenters. The van der Waals surface area contributed by atoms with Crippen LogP contribution in [-0.2, 0) is 11.3 Å². The van der Waals surface area contributed by atoms with Gasteiger partial charge in [0.05, 0.1) is 6.54 Å². The van der Waals surface area contributed by atoms with Gasteiger partial charge in [-0.15, -0.1) is 0 Å². The van der Waals surface area contributed by atoms with E-state index in [9.17, 15) is 4.79 Å². The number of anilines is 1. The minimum Gasteiger partial charge on any atom is -0.357 e. The average Bonchev–Trinajstić information content (AvgIpc) is 3.31. The lowest BCUT2D eigenvalue weighted by Crippen LogP contribution is -2.45. The molecule has 1 amide bonds. The molecule has 1 aliphatic heterocycles. The summed E-state index contributed by atoms with van der Waals surface area (Å²) in [6.07, 6.45) is 6.69. The van der Waals surface area contributed by atoms with Crippen molar-refractivity contribution >= 4 is 17.6 Å². The van der Waals surface area contributed by atoms with Crippen molar-refractivity contribution in [2.75, 3.05) is 25.0 Å². The number of nitrogens with zero attached hydrogens (tertiary/aromatic N) is 2. The third-order valence-corrected chi connectivity index (χ3v) is 5.41. The number of amides is 1. The first kappa shape index (κ1) is 19.7. The third-order valence-electron chi connectivity index (χ3n) is 5.41. The molecule has 6 heteroatoms. The summed E-state index contributed by atoms with van der Waals surface area (Å²) < 4.78 is 0. The minimum atomic E-state index is -0.0568. The molecule has 0 radical (unpaired) electrons. The average molecular weight is 372 g/mol. The van der Waals surface area contributed by atoms with E-state index in [-0.39, 0.29) is 5.91 Å². The van der Waals surface area contributed by atoms with Crippen molar-refractivity contribution in [3.8, 4) is 0 Å². The summed E-state index contributed by atoms with van der Waals surface area (Å²) in [6.45, 7) is 7.36. The van der Waals surface area contributed by atoms with Crippen molar-refractivity contribution in [1.82, 2.24) is 15.5 Å². The van der Waals surface area contributed by atoms with E-state index in [1.807, 2.05) is 24.3 Å². The molecule has 1 saturated heterocycles. The molecule has 1 saturated carbocycles. The van der Waals surface area contributed by atoms with E-state index in [2.05, 4.69) is 27.8 Å². The van der Waals surface area contributed by atoms with E-state index >= 15 is 0 Å². The first-order valence-electron chi connectivity index (χ1n) is 10.3. The highest BCUT2D eigenvalue weighted by molar-refractivity contribution is 5.88. The number of carbonyl (C=O) groups is 1. The van der Waals surface area contributed by atoms with Gasteiger partial charge in [0.2, 0.25) is 5.91 Å². The SMILES string of the molecule is CCNC(=NCc1cccc(NC(C)=O)c1)NC1CCN(C2CCCC2)C1. The number of likely N-dealkylation sites (tertiary alicyclic amines) is 1. The van der Waals surface area contributed by atoms with Crippen LogP contribution in [0.25, 0.3) is 0 Å². The van der Waals surface area contributed by atoms with Crippen LogP contribution in [0.4, 0.5) is 5.69 Å². The molecule has 0 bridgehead atoms. The van der Waals surface area contributed by atoms with Crippen LogP contribution in [0.3, 0.4) is 0 Å². The van der Waals surface area contributed by atoms with Gasteiger partial charge in [-0.1, -0.05) is 25.0 Å².